The minimum Gasteiger partial charge on any atom is -0.361 e. The molecule has 1 heterocycles. The second-order valence-corrected chi connectivity index (χ2v) is 6.00. The lowest BCUT2D eigenvalue weighted by molar-refractivity contribution is 0.0950. The summed E-state index contributed by atoms with van der Waals surface area (Å²) in [5.74, 6) is 1.50. The van der Waals surface area contributed by atoms with Gasteiger partial charge in [-0.05, 0) is 38.9 Å². The van der Waals surface area contributed by atoms with Gasteiger partial charge in [-0.2, -0.15) is 0 Å². The summed E-state index contributed by atoms with van der Waals surface area (Å²) in [6.45, 7) is 5.00. The molecule has 0 fully saturated rings. The van der Waals surface area contributed by atoms with Crippen molar-refractivity contribution in [1.29, 1.82) is 0 Å². The molecule has 0 saturated carbocycles. The van der Waals surface area contributed by atoms with Crippen LogP contribution in [0.15, 0.2) is 33.7 Å². The normalized spacial score (nSPS) is 10.7. The van der Waals surface area contributed by atoms with Gasteiger partial charge in [-0.3, -0.25) is 4.79 Å². The number of carbonyl (C=O) groups excluding carboxylic acids is 1. The monoisotopic (exact) mass is 319 g/mol. The smallest absolute Gasteiger partial charge is 0.252 e. The molecule has 3 N–H and O–H groups in total. The van der Waals surface area contributed by atoms with Crippen molar-refractivity contribution in [3.63, 3.8) is 0 Å². The van der Waals surface area contributed by atoms with Crippen LogP contribution in [0, 0.1) is 13.8 Å². The van der Waals surface area contributed by atoms with Crippen molar-refractivity contribution in [1.82, 2.24) is 10.5 Å². The van der Waals surface area contributed by atoms with Crippen molar-refractivity contribution >= 4 is 17.7 Å². The second-order valence-electron chi connectivity index (χ2n) is 4.99. The van der Waals surface area contributed by atoms with Crippen LogP contribution in [0.3, 0.4) is 0 Å². The molecule has 1 amide bonds. The first kappa shape index (κ1) is 16.6. The van der Waals surface area contributed by atoms with Gasteiger partial charge in [-0.25, -0.2) is 0 Å². The van der Waals surface area contributed by atoms with Crippen molar-refractivity contribution in [2.75, 3.05) is 13.1 Å². The van der Waals surface area contributed by atoms with E-state index in [1.165, 1.54) is 0 Å². The standard InChI is InChI=1S/C16H21N3O2S/c1-11-14(12(2)21-19-11)10-22-15-7-4-3-6-13(15)16(20)18-9-5-8-17/h3-4,6-7H,5,8-10,17H2,1-2H3,(H,18,20). The van der Waals surface area contributed by atoms with E-state index in [9.17, 15) is 4.79 Å². The first-order chi connectivity index (χ1) is 10.6. The van der Waals surface area contributed by atoms with Gasteiger partial charge in [0.15, 0.2) is 0 Å². The molecule has 22 heavy (non-hydrogen) atoms. The summed E-state index contributed by atoms with van der Waals surface area (Å²) in [7, 11) is 0. The quantitative estimate of drug-likeness (QED) is 0.606. The van der Waals surface area contributed by atoms with E-state index in [2.05, 4.69) is 10.5 Å². The maximum absolute atomic E-state index is 12.2. The molecule has 0 aliphatic heterocycles. The van der Waals surface area contributed by atoms with Crippen LogP contribution in [0.25, 0.3) is 0 Å². The summed E-state index contributed by atoms with van der Waals surface area (Å²) >= 11 is 1.62. The maximum atomic E-state index is 12.2. The van der Waals surface area contributed by atoms with Crippen LogP contribution in [0.1, 0.15) is 33.8 Å². The highest BCUT2D eigenvalue weighted by atomic mass is 32.2. The van der Waals surface area contributed by atoms with E-state index >= 15 is 0 Å². The Bertz CT molecular complexity index is 621. The fraction of sp³-hybridized carbons (Fsp3) is 0.375. The molecule has 0 aliphatic carbocycles. The third-order valence-corrected chi connectivity index (χ3v) is 4.45. The first-order valence-corrected chi connectivity index (χ1v) is 8.24. The van der Waals surface area contributed by atoms with Gasteiger partial charge in [0.05, 0.1) is 11.3 Å². The van der Waals surface area contributed by atoms with Crippen LogP contribution >= 0.6 is 11.8 Å². The highest BCUT2D eigenvalue weighted by molar-refractivity contribution is 7.98. The summed E-state index contributed by atoms with van der Waals surface area (Å²) < 4.78 is 5.17. The van der Waals surface area contributed by atoms with E-state index in [4.69, 9.17) is 10.3 Å². The van der Waals surface area contributed by atoms with Crippen molar-refractivity contribution < 1.29 is 9.32 Å². The molecule has 5 nitrogen and oxygen atoms in total. The number of aromatic nitrogens is 1. The van der Waals surface area contributed by atoms with Gasteiger partial charge >= 0.3 is 0 Å². The number of amides is 1. The minimum atomic E-state index is -0.0599. The predicted molar refractivity (Wildman–Crippen MR) is 88.0 cm³/mol. The van der Waals surface area contributed by atoms with Crippen molar-refractivity contribution in [2.45, 2.75) is 30.9 Å². The van der Waals surface area contributed by atoms with Gasteiger partial charge in [0, 0.05) is 22.8 Å². The van der Waals surface area contributed by atoms with E-state index in [-0.39, 0.29) is 5.91 Å². The Hall–Kier alpha value is -1.79. The van der Waals surface area contributed by atoms with Gasteiger partial charge < -0.3 is 15.6 Å². The Morgan fingerprint density at radius 2 is 2.14 bits per heavy atom. The van der Waals surface area contributed by atoms with Crippen LogP contribution in [0.2, 0.25) is 0 Å². The highest BCUT2D eigenvalue weighted by Crippen LogP contribution is 2.28. The van der Waals surface area contributed by atoms with Crippen molar-refractivity contribution in [3.05, 3.63) is 46.8 Å². The van der Waals surface area contributed by atoms with Crippen LogP contribution in [-0.4, -0.2) is 24.2 Å². The lowest BCUT2D eigenvalue weighted by Gasteiger charge is -2.09. The Labute approximate surface area is 134 Å². The molecule has 0 unspecified atom stereocenters. The van der Waals surface area contributed by atoms with Crippen LogP contribution in [0.4, 0.5) is 0 Å². The molecular formula is C16H21N3O2S. The number of aryl methyl sites for hydroxylation is 2. The molecule has 118 valence electrons. The van der Waals surface area contributed by atoms with E-state index < -0.39 is 0 Å². The SMILES string of the molecule is Cc1noc(C)c1CSc1ccccc1C(=O)NCCCN. The van der Waals surface area contributed by atoms with Crippen LogP contribution < -0.4 is 11.1 Å². The molecule has 0 atom stereocenters. The van der Waals surface area contributed by atoms with Crippen molar-refractivity contribution in [3.8, 4) is 0 Å². The zero-order chi connectivity index (χ0) is 15.9. The molecule has 0 radical (unpaired) electrons. The molecule has 0 bridgehead atoms. The van der Waals surface area contributed by atoms with E-state index in [1.807, 2.05) is 38.1 Å². The van der Waals surface area contributed by atoms with Crippen LogP contribution in [-0.2, 0) is 5.75 Å². The fourth-order valence-electron chi connectivity index (χ4n) is 2.04. The Morgan fingerprint density at radius 1 is 1.36 bits per heavy atom. The van der Waals surface area contributed by atoms with Gasteiger partial charge in [0.2, 0.25) is 0 Å². The minimum absolute atomic E-state index is 0.0599. The molecule has 0 saturated heterocycles. The Kier molecular flexibility index (Phi) is 6.03. The number of nitrogens with two attached hydrogens (primary N) is 1. The van der Waals surface area contributed by atoms with E-state index in [1.54, 1.807) is 11.8 Å². The Balaban J connectivity index is 2.06. The number of carbonyl (C=O) groups is 1. The second kappa shape index (κ2) is 8.00. The number of benzene rings is 1. The third kappa shape index (κ3) is 4.11. The Morgan fingerprint density at radius 3 is 2.82 bits per heavy atom. The third-order valence-electron chi connectivity index (χ3n) is 3.35. The van der Waals surface area contributed by atoms with Gasteiger partial charge in [-0.15, -0.1) is 11.8 Å². The molecule has 1 aromatic carbocycles. The summed E-state index contributed by atoms with van der Waals surface area (Å²) in [6, 6.07) is 7.61. The van der Waals surface area contributed by atoms with Crippen LogP contribution in [0.5, 0.6) is 0 Å². The largest absolute Gasteiger partial charge is 0.361 e. The summed E-state index contributed by atoms with van der Waals surface area (Å²) in [4.78, 5) is 13.2. The number of thioether (sulfide) groups is 1. The van der Waals surface area contributed by atoms with Gasteiger partial charge in [0.25, 0.3) is 5.91 Å². The topological polar surface area (TPSA) is 81.2 Å². The van der Waals surface area contributed by atoms with E-state index in [0.717, 1.165) is 34.1 Å². The van der Waals surface area contributed by atoms with E-state index in [0.29, 0.717) is 18.7 Å². The average molecular weight is 319 g/mol. The first-order valence-electron chi connectivity index (χ1n) is 7.25. The fourth-order valence-corrected chi connectivity index (χ4v) is 3.24. The van der Waals surface area contributed by atoms with Crippen molar-refractivity contribution in [2.24, 2.45) is 5.73 Å². The lowest BCUT2D eigenvalue weighted by atomic mass is 10.2. The van der Waals surface area contributed by atoms with Gasteiger partial charge in [-0.1, -0.05) is 17.3 Å². The maximum Gasteiger partial charge on any atom is 0.252 e. The zero-order valence-corrected chi connectivity index (χ0v) is 13.7. The molecule has 2 aromatic rings. The summed E-state index contributed by atoms with van der Waals surface area (Å²) in [5, 5.41) is 6.85. The molecule has 1 aromatic heterocycles. The number of nitrogens with one attached hydrogen (secondary N) is 1. The molecule has 6 heteroatoms. The lowest BCUT2D eigenvalue weighted by Crippen LogP contribution is -2.26. The number of nitrogens with zero attached hydrogens (tertiary/aromatic N) is 1. The van der Waals surface area contributed by atoms with Gasteiger partial charge in [0.1, 0.15) is 5.76 Å². The zero-order valence-electron chi connectivity index (χ0n) is 12.9. The molecule has 0 spiro atoms. The molecular weight excluding hydrogens is 298 g/mol. The number of rotatable bonds is 7. The summed E-state index contributed by atoms with van der Waals surface area (Å²) in [5.41, 5.74) is 8.12. The molecule has 2 rings (SSSR count). The number of hydrogen-bond donors (Lipinski definition) is 2. The predicted octanol–water partition coefficient (Wildman–Crippen LogP) is 2.66. The summed E-state index contributed by atoms with van der Waals surface area (Å²) in [6.07, 6.45) is 0.778. The average Bonchev–Trinajstić information content (AvgIpc) is 2.84. The number of hydrogen-bond acceptors (Lipinski definition) is 5. The molecule has 0 aliphatic rings. The highest BCUT2D eigenvalue weighted by Gasteiger charge is 2.13.